The molecule has 0 saturated carbocycles. The maximum absolute atomic E-state index is 4.72. The van der Waals surface area contributed by atoms with Crippen molar-refractivity contribution in [3.05, 3.63) is 72.1 Å². The van der Waals surface area contributed by atoms with E-state index in [2.05, 4.69) is 55.5 Å². The first-order valence-corrected chi connectivity index (χ1v) is 8.94. The Kier molecular flexibility index (Phi) is 4.84. The summed E-state index contributed by atoms with van der Waals surface area (Å²) in [6, 6.07) is 13.0. The Labute approximate surface area is 153 Å². The van der Waals surface area contributed by atoms with Gasteiger partial charge in [-0.2, -0.15) is 0 Å². The van der Waals surface area contributed by atoms with Crippen LogP contribution in [0.15, 0.2) is 55.0 Å². The second kappa shape index (κ2) is 7.58. The molecule has 4 rings (SSSR count). The van der Waals surface area contributed by atoms with E-state index in [4.69, 9.17) is 4.98 Å². The number of aryl methyl sites for hydroxylation is 1. The van der Waals surface area contributed by atoms with Crippen LogP contribution in [-0.4, -0.2) is 31.4 Å². The summed E-state index contributed by atoms with van der Waals surface area (Å²) in [6.07, 6.45) is 7.31. The van der Waals surface area contributed by atoms with Crippen LogP contribution >= 0.6 is 0 Å². The van der Waals surface area contributed by atoms with Gasteiger partial charge in [-0.15, -0.1) is 0 Å². The number of nitrogens with one attached hydrogen (secondary N) is 1. The van der Waals surface area contributed by atoms with Crippen molar-refractivity contribution in [2.24, 2.45) is 0 Å². The normalized spacial score (nSPS) is 17.3. The molecule has 1 saturated heterocycles. The zero-order valence-corrected chi connectivity index (χ0v) is 14.8. The Balaban J connectivity index is 1.56. The molecule has 1 aliphatic rings. The Morgan fingerprint density at radius 2 is 2.00 bits per heavy atom. The molecule has 1 fully saturated rings. The average Bonchev–Trinajstić information content (AvgIpc) is 3.11. The molecule has 0 aliphatic carbocycles. The molecule has 0 spiro atoms. The second-order valence-corrected chi connectivity index (χ2v) is 6.56. The van der Waals surface area contributed by atoms with Gasteiger partial charge < -0.3 is 5.32 Å². The van der Waals surface area contributed by atoms with Crippen molar-refractivity contribution < 1.29 is 0 Å². The van der Waals surface area contributed by atoms with Crippen LogP contribution in [0.2, 0.25) is 0 Å². The lowest BCUT2D eigenvalue weighted by atomic mass is 10.1. The number of aromatic nitrogens is 4. The molecule has 1 atom stereocenters. The highest BCUT2D eigenvalue weighted by molar-refractivity contribution is 5.50. The van der Waals surface area contributed by atoms with Gasteiger partial charge in [0.25, 0.3) is 0 Å². The van der Waals surface area contributed by atoms with Crippen molar-refractivity contribution >= 4 is 11.6 Å². The van der Waals surface area contributed by atoms with Crippen LogP contribution in [0, 0.1) is 6.92 Å². The van der Waals surface area contributed by atoms with Gasteiger partial charge in [-0.05, 0) is 31.9 Å². The van der Waals surface area contributed by atoms with Gasteiger partial charge in [-0.1, -0.05) is 30.3 Å². The Bertz CT molecular complexity index is 853. The van der Waals surface area contributed by atoms with Crippen LogP contribution in [0.4, 0.5) is 11.6 Å². The van der Waals surface area contributed by atoms with Gasteiger partial charge in [0.2, 0.25) is 0 Å². The summed E-state index contributed by atoms with van der Waals surface area (Å²) < 4.78 is 0. The topological polar surface area (TPSA) is 66.8 Å². The minimum absolute atomic E-state index is 0.319. The SMILES string of the molecule is Cc1nc(Nc2cnccn2)cc([C@H]2CCCN2Cc2ccccc2)n1. The fourth-order valence-electron chi connectivity index (χ4n) is 3.49. The molecule has 0 radical (unpaired) electrons. The number of likely N-dealkylation sites (tertiary alicyclic amines) is 1. The van der Waals surface area contributed by atoms with E-state index in [1.165, 1.54) is 12.0 Å². The standard InChI is InChI=1S/C20H22N6/c1-15-23-17(12-19(24-15)25-20-13-21-9-10-22-20)18-8-5-11-26(18)14-16-6-3-2-4-7-16/h2-4,6-7,9-10,12-13,18H,5,8,11,14H2,1H3,(H,22,23,24,25)/t18-/m1/s1. The van der Waals surface area contributed by atoms with Gasteiger partial charge in [0.1, 0.15) is 17.5 Å². The van der Waals surface area contributed by atoms with Gasteiger partial charge >= 0.3 is 0 Å². The summed E-state index contributed by atoms with van der Waals surface area (Å²) in [5, 5.41) is 3.23. The van der Waals surface area contributed by atoms with Crippen LogP contribution in [0.3, 0.4) is 0 Å². The number of rotatable bonds is 5. The van der Waals surface area contributed by atoms with Gasteiger partial charge in [0.05, 0.1) is 17.9 Å². The van der Waals surface area contributed by atoms with Crippen molar-refractivity contribution in [1.29, 1.82) is 0 Å². The van der Waals surface area contributed by atoms with E-state index in [1.54, 1.807) is 18.6 Å². The van der Waals surface area contributed by atoms with Gasteiger partial charge in [-0.3, -0.25) is 9.88 Å². The number of anilines is 2. The highest BCUT2D eigenvalue weighted by atomic mass is 15.2. The molecule has 0 bridgehead atoms. The molecule has 26 heavy (non-hydrogen) atoms. The molecule has 1 aromatic carbocycles. The van der Waals surface area contributed by atoms with Crippen molar-refractivity contribution in [1.82, 2.24) is 24.8 Å². The zero-order valence-electron chi connectivity index (χ0n) is 14.8. The van der Waals surface area contributed by atoms with Crippen molar-refractivity contribution in [3.8, 4) is 0 Å². The molecular formula is C20H22N6. The molecular weight excluding hydrogens is 324 g/mol. The molecule has 0 unspecified atom stereocenters. The summed E-state index contributed by atoms with van der Waals surface area (Å²) in [5.74, 6) is 2.21. The van der Waals surface area contributed by atoms with Gasteiger partial charge in [0.15, 0.2) is 0 Å². The molecule has 3 heterocycles. The van der Waals surface area contributed by atoms with Crippen LogP contribution in [-0.2, 0) is 6.54 Å². The lowest BCUT2D eigenvalue weighted by Crippen LogP contribution is -2.24. The highest BCUT2D eigenvalue weighted by Gasteiger charge is 2.27. The highest BCUT2D eigenvalue weighted by Crippen LogP contribution is 2.33. The van der Waals surface area contributed by atoms with E-state index < -0.39 is 0 Å². The third-order valence-electron chi connectivity index (χ3n) is 4.61. The molecule has 2 aromatic heterocycles. The summed E-state index contributed by atoms with van der Waals surface area (Å²) >= 11 is 0. The number of nitrogens with zero attached hydrogens (tertiary/aromatic N) is 5. The van der Waals surface area contributed by atoms with Crippen molar-refractivity contribution in [2.45, 2.75) is 32.4 Å². The van der Waals surface area contributed by atoms with Gasteiger partial charge in [0, 0.05) is 25.0 Å². The van der Waals surface area contributed by atoms with Gasteiger partial charge in [-0.25, -0.2) is 15.0 Å². The van der Waals surface area contributed by atoms with Crippen LogP contribution in [0.5, 0.6) is 0 Å². The van der Waals surface area contributed by atoms with Crippen molar-refractivity contribution in [3.63, 3.8) is 0 Å². The number of benzene rings is 1. The number of hydrogen-bond donors (Lipinski definition) is 1. The molecule has 132 valence electrons. The largest absolute Gasteiger partial charge is 0.324 e. The maximum atomic E-state index is 4.72. The van der Waals surface area contributed by atoms with E-state index in [-0.39, 0.29) is 0 Å². The van der Waals surface area contributed by atoms with Crippen LogP contribution in [0.25, 0.3) is 0 Å². The first-order valence-electron chi connectivity index (χ1n) is 8.94. The summed E-state index contributed by atoms with van der Waals surface area (Å²) in [4.78, 5) is 20.1. The van der Waals surface area contributed by atoms with Crippen LogP contribution < -0.4 is 5.32 Å². The lowest BCUT2D eigenvalue weighted by Gasteiger charge is -2.24. The predicted octanol–water partition coefficient (Wildman–Crippen LogP) is 3.66. The third-order valence-corrected chi connectivity index (χ3v) is 4.61. The maximum Gasteiger partial charge on any atom is 0.150 e. The quantitative estimate of drug-likeness (QED) is 0.760. The van der Waals surface area contributed by atoms with E-state index >= 15 is 0 Å². The Morgan fingerprint density at radius 3 is 2.81 bits per heavy atom. The van der Waals surface area contributed by atoms with Crippen molar-refractivity contribution in [2.75, 3.05) is 11.9 Å². The summed E-state index contributed by atoms with van der Waals surface area (Å²) in [5.41, 5.74) is 2.40. The molecule has 6 heteroatoms. The summed E-state index contributed by atoms with van der Waals surface area (Å²) in [7, 11) is 0. The first-order chi connectivity index (χ1) is 12.8. The second-order valence-electron chi connectivity index (χ2n) is 6.56. The first kappa shape index (κ1) is 16.6. The Morgan fingerprint density at radius 1 is 1.12 bits per heavy atom. The third kappa shape index (κ3) is 3.86. The minimum Gasteiger partial charge on any atom is -0.324 e. The van der Waals surface area contributed by atoms with E-state index in [1.807, 2.05) is 13.0 Å². The number of hydrogen-bond acceptors (Lipinski definition) is 6. The molecule has 0 amide bonds. The Hall–Kier alpha value is -2.86. The average molecular weight is 346 g/mol. The molecule has 6 nitrogen and oxygen atoms in total. The molecule has 1 N–H and O–H groups in total. The summed E-state index contributed by atoms with van der Waals surface area (Å²) in [6.45, 7) is 3.97. The monoisotopic (exact) mass is 346 g/mol. The lowest BCUT2D eigenvalue weighted by molar-refractivity contribution is 0.244. The van der Waals surface area contributed by atoms with E-state index in [0.717, 1.165) is 36.8 Å². The molecule has 1 aliphatic heterocycles. The minimum atomic E-state index is 0.319. The van der Waals surface area contributed by atoms with Crippen LogP contribution in [0.1, 0.15) is 36.0 Å². The predicted molar refractivity (Wildman–Crippen MR) is 101 cm³/mol. The fraction of sp³-hybridized carbons (Fsp3) is 0.300. The zero-order chi connectivity index (χ0) is 17.8. The molecule has 3 aromatic rings. The van der Waals surface area contributed by atoms with E-state index in [0.29, 0.717) is 11.9 Å². The van der Waals surface area contributed by atoms with E-state index in [9.17, 15) is 0 Å². The fourth-order valence-corrected chi connectivity index (χ4v) is 3.49. The smallest absolute Gasteiger partial charge is 0.150 e.